The second-order valence-electron chi connectivity index (χ2n) is 3.30. The Bertz CT molecular complexity index is 427. The van der Waals surface area contributed by atoms with Gasteiger partial charge in [0.15, 0.2) is 0 Å². The number of hydrogen-bond donors (Lipinski definition) is 1. The fourth-order valence-electron chi connectivity index (χ4n) is 1.44. The van der Waals surface area contributed by atoms with Gasteiger partial charge in [-0.2, -0.15) is 0 Å². The van der Waals surface area contributed by atoms with E-state index in [-0.39, 0.29) is 6.04 Å². The van der Waals surface area contributed by atoms with Gasteiger partial charge in [0.25, 0.3) is 0 Å². The Kier molecular flexibility index (Phi) is 3.51. The number of thiophene rings is 1. The van der Waals surface area contributed by atoms with Crippen LogP contribution in [0.25, 0.3) is 0 Å². The maximum absolute atomic E-state index is 6.13. The van der Waals surface area contributed by atoms with E-state index in [2.05, 4.69) is 20.9 Å². The molecule has 78 valence electrons. The Labute approximate surface area is 101 Å². The maximum Gasteiger partial charge on any atom is 0.0442 e. The van der Waals surface area contributed by atoms with Crippen LogP contribution >= 0.6 is 27.3 Å². The number of pyridine rings is 1. The van der Waals surface area contributed by atoms with Gasteiger partial charge in [0.05, 0.1) is 0 Å². The number of nitrogens with two attached hydrogens (primary N) is 1. The Hall–Kier alpha value is -0.710. The van der Waals surface area contributed by atoms with Gasteiger partial charge in [0, 0.05) is 27.8 Å². The highest BCUT2D eigenvalue weighted by atomic mass is 79.9. The molecule has 0 spiro atoms. The molecule has 2 heterocycles. The van der Waals surface area contributed by atoms with Crippen LogP contribution in [-0.4, -0.2) is 4.98 Å². The quantitative estimate of drug-likeness (QED) is 0.939. The Morgan fingerprint density at radius 3 is 2.67 bits per heavy atom. The van der Waals surface area contributed by atoms with Gasteiger partial charge in [-0.3, -0.25) is 4.98 Å². The lowest BCUT2D eigenvalue weighted by Gasteiger charge is -2.10. The van der Waals surface area contributed by atoms with Crippen molar-refractivity contribution in [2.45, 2.75) is 12.5 Å². The minimum Gasteiger partial charge on any atom is -0.323 e. The monoisotopic (exact) mass is 282 g/mol. The normalized spacial score (nSPS) is 12.7. The zero-order valence-corrected chi connectivity index (χ0v) is 10.5. The second-order valence-corrected chi connectivity index (χ2v) is 5.10. The molecule has 0 bridgehead atoms. The van der Waals surface area contributed by atoms with Crippen molar-refractivity contribution >= 4 is 27.3 Å². The summed E-state index contributed by atoms with van der Waals surface area (Å²) in [5.74, 6) is 0. The average Bonchev–Trinajstić information content (AvgIpc) is 2.66. The first-order chi connectivity index (χ1) is 7.27. The molecule has 1 unspecified atom stereocenters. The van der Waals surface area contributed by atoms with Crippen LogP contribution in [0.5, 0.6) is 0 Å². The third kappa shape index (κ3) is 2.65. The summed E-state index contributed by atoms with van der Waals surface area (Å²) >= 11 is 5.19. The van der Waals surface area contributed by atoms with Crippen LogP contribution in [0.2, 0.25) is 0 Å². The molecule has 2 N–H and O–H groups in total. The van der Waals surface area contributed by atoms with Crippen LogP contribution in [0.15, 0.2) is 40.4 Å². The lowest BCUT2D eigenvalue weighted by Crippen LogP contribution is -2.12. The maximum atomic E-state index is 6.13. The summed E-state index contributed by atoms with van der Waals surface area (Å²) in [5, 5.41) is 2.05. The van der Waals surface area contributed by atoms with Gasteiger partial charge < -0.3 is 5.73 Å². The SMILES string of the molecule is NC(Cc1ccncc1)c1sccc1Br. The van der Waals surface area contributed by atoms with Gasteiger partial charge in [-0.05, 0) is 51.5 Å². The molecule has 4 heteroatoms. The fourth-order valence-corrected chi connectivity index (χ4v) is 3.11. The summed E-state index contributed by atoms with van der Waals surface area (Å²) in [5.41, 5.74) is 7.35. The van der Waals surface area contributed by atoms with E-state index in [1.165, 1.54) is 10.4 Å². The molecule has 0 saturated heterocycles. The highest BCUT2D eigenvalue weighted by molar-refractivity contribution is 9.10. The van der Waals surface area contributed by atoms with Gasteiger partial charge in [0.2, 0.25) is 0 Å². The summed E-state index contributed by atoms with van der Waals surface area (Å²) in [6, 6.07) is 6.09. The molecule has 2 aromatic heterocycles. The standard InChI is InChI=1S/C11H11BrN2S/c12-9-3-6-15-11(9)10(13)7-8-1-4-14-5-2-8/h1-6,10H,7,13H2. The van der Waals surface area contributed by atoms with Gasteiger partial charge in [-0.1, -0.05) is 0 Å². The van der Waals surface area contributed by atoms with E-state index in [1.54, 1.807) is 23.7 Å². The summed E-state index contributed by atoms with van der Waals surface area (Å²) in [4.78, 5) is 5.19. The van der Waals surface area contributed by atoms with Crippen LogP contribution in [0, 0.1) is 0 Å². The predicted octanol–water partition coefficient (Wildman–Crippen LogP) is 3.15. The molecule has 0 aliphatic carbocycles. The first kappa shape index (κ1) is 10.8. The summed E-state index contributed by atoms with van der Waals surface area (Å²) < 4.78 is 1.11. The Morgan fingerprint density at radius 1 is 1.33 bits per heavy atom. The second kappa shape index (κ2) is 4.88. The smallest absolute Gasteiger partial charge is 0.0442 e. The van der Waals surface area contributed by atoms with Crippen molar-refractivity contribution in [1.82, 2.24) is 4.98 Å². The third-order valence-electron chi connectivity index (χ3n) is 2.19. The molecule has 15 heavy (non-hydrogen) atoms. The topological polar surface area (TPSA) is 38.9 Å². The molecule has 0 radical (unpaired) electrons. The van der Waals surface area contributed by atoms with E-state index in [4.69, 9.17) is 5.73 Å². The van der Waals surface area contributed by atoms with E-state index in [0.717, 1.165) is 10.9 Å². The molecular formula is C11H11BrN2S. The van der Waals surface area contributed by atoms with Crippen LogP contribution in [0.1, 0.15) is 16.5 Å². The molecule has 2 nitrogen and oxygen atoms in total. The van der Waals surface area contributed by atoms with Gasteiger partial charge >= 0.3 is 0 Å². The van der Waals surface area contributed by atoms with E-state index >= 15 is 0 Å². The highest BCUT2D eigenvalue weighted by Crippen LogP contribution is 2.29. The molecule has 0 aliphatic heterocycles. The lowest BCUT2D eigenvalue weighted by molar-refractivity contribution is 0.733. The first-order valence-electron chi connectivity index (χ1n) is 4.65. The molecule has 2 aromatic rings. The lowest BCUT2D eigenvalue weighted by atomic mass is 10.1. The minimum absolute atomic E-state index is 0.0572. The number of rotatable bonds is 3. The van der Waals surface area contributed by atoms with Crippen LogP contribution in [0.4, 0.5) is 0 Å². The zero-order chi connectivity index (χ0) is 10.7. The van der Waals surface area contributed by atoms with E-state index in [1.807, 2.05) is 23.6 Å². The third-order valence-corrected chi connectivity index (χ3v) is 4.19. The largest absolute Gasteiger partial charge is 0.323 e. The van der Waals surface area contributed by atoms with Crippen molar-refractivity contribution < 1.29 is 0 Å². The molecule has 0 aromatic carbocycles. The summed E-state index contributed by atoms with van der Waals surface area (Å²) in [7, 11) is 0. The Morgan fingerprint density at radius 2 is 2.07 bits per heavy atom. The van der Waals surface area contributed by atoms with E-state index in [9.17, 15) is 0 Å². The summed E-state index contributed by atoms with van der Waals surface area (Å²) in [6.07, 6.45) is 4.44. The fraction of sp³-hybridized carbons (Fsp3) is 0.182. The number of aromatic nitrogens is 1. The zero-order valence-electron chi connectivity index (χ0n) is 8.06. The molecule has 0 aliphatic rings. The molecule has 0 fully saturated rings. The van der Waals surface area contributed by atoms with Crippen molar-refractivity contribution in [3.8, 4) is 0 Å². The predicted molar refractivity (Wildman–Crippen MR) is 66.9 cm³/mol. The van der Waals surface area contributed by atoms with Crippen LogP contribution < -0.4 is 5.73 Å². The van der Waals surface area contributed by atoms with Crippen LogP contribution in [-0.2, 0) is 6.42 Å². The van der Waals surface area contributed by atoms with Crippen molar-refractivity contribution in [3.05, 3.63) is 50.9 Å². The molecule has 0 saturated carbocycles. The molecule has 0 amide bonds. The van der Waals surface area contributed by atoms with Crippen LogP contribution in [0.3, 0.4) is 0 Å². The first-order valence-corrected chi connectivity index (χ1v) is 6.32. The average molecular weight is 283 g/mol. The Balaban J connectivity index is 2.11. The molecule has 2 rings (SSSR count). The van der Waals surface area contributed by atoms with Gasteiger partial charge in [-0.15, -0.1) is 11.3 Å². The van der Waals surface area contributed by atoms with Crippen molar-refractivity contribution in [2.75, 3.05) is 0 Å². The summed E-state index contributed by atoms with van der Waals surface area (Å²) in [6.45, 7) is 0. The highest BCUT2D eigenvalue weighted by Gasteiger charge is 2.11. The van der Waals surface area contributed by atoms with E-state index in [0.29, 0.717) is 0 Å². The van der Waals surface area contributed by atoms with Crippen molar-refractivity contribution in [2.24, 2.45) is 5.73 Å². The molecular weight excluding hydrogens is 272 g/mol. The number of hydrogen-bond acceptors (Lipinski definition) is 3. The van der Waals surface area contributed by atoms with Crippen molar-refractivity contribution in [3.63, 3.8) is 0 Å². The molecule has 1 atom stereocenters. The number of nitrogens with zero attached hydrogens (tertiary/aromatic N) is 1. The van der Waals surface area contributed by atoms with Gasteiger partial charge in [-0.25, -0.2) is 0 Å². The van der Waals surface area contributed by atoms with Gasteiger partial charge in [0.1, 0.15) is 0 Å². The number of halogens is 1. The minimum atomic E-state index is 0.0572. The van der Waals surface area contributed by atoms with Crippen molar-refractivity contribution in [1.29, 1.82) is 0 Å². The van der Waals surface area contributed by atoms with E-state index < -0.39 is 0 Å².